The Morgan fingerprint density at radius 3 is 2.95 bits per heavy atom. The van der Waals surface area contributed by atoms with Crippen molar-refractivity contribution < 1.29 is 18.3 Å². The average molecular weight is 375 g/mol. The van der Waals surface area contributed by atoms with Crippen molar-refractivity contribution in [3.63, 3.8) is 0 Å². The number of hydrogen-bond acceptors (Lipinski definition) is 4. The van der Waals surface area contributed by atoms with Crippen molar-refractivity contribution in [3.05, 3.63) is 27.7 Å². The number of hydrogen-bond donors (Lipinski definition) is 1. The van der Waals surface area contributed by atoms with Gasteiger partial charge in [-0.3, -0.25) is 0 Å². The van der Waals surface area contributed by atoms with Gasteiger partial charge in [0.2, 0.25) is 0 Å². The molecule has 2 atom stereocenters. The van der Waals surface area contributed by atoms with Gasteiger partial charge in [0.15, 0.2) is 9.84 Å². The fourth-order valence-electron chi connectivity index (χ4n) is 3.28. The first-order chi connectivity index (χ1) is 9.93. The molecular weight excluding hydrogens is 356 g/mol. The topological polar surface area (TPSA) is 63.6 Å². The van der Waals surface area contributed by atoms with Gasteiger partial charge >= 0.3 is 0 Å². The van der Waals surface area contributed by atoms with E-state index in [2.05, 4.69) is 22.0 Å². The van der Waals surface area contributed by atoms with E-state index in [1.54, 1.807) is 0 Å². The Morgan fingerprint density at radius 2 is 2.24 bits per heavy atom. The van der Waals surface area contributed by atoms with Gasteiger partial charge in [0.05, 0.1) is 24.2 Å². The molecule has 0 radical (unpaired) electrons. The van der Waals surface area contributed by atoms with Crippen molar-refractivity contribution >= 4 is 25.8 Å². The van der Waals surface area contributed by atoms with Crippen molar-refractivity contribution in [2.24, 2.45) is 5.92 Å². The summed E-state index contributed by atoms with van der Waals surface area (Å²) >= 11 is 3.49. The van der Waals surface area contributed by atoms with Crippen molar-refractivity contribution in [1.29, 1.82) is 0 Å². The maximum atomic E-state index is 11.5. The smallest absolute Gasteiger partial charge is 0.150 e. The number of ether oxygens (including phenoxy) is 1. The molecule has 1 aromatic carbocycles. The number of aliphatic hydroxyl groups is 1. The summed E-state index contributed by atoms with van der Waals surface area (Å²) in [6.45, 7) is 0.690. The van der Waals surface area contributed by atoms with Gasteiger partial charge in [-0.15, -0.1) is 0 Å². The fraction of sp³-hybridized carbons (Fsp3) is 0.600. The highest BCUT2D eigenvalue weighted by Crippen LogP contribution is 2.34. The van der Waals surface area contributed by atoms with E-state index in [9.17, 15) is 13.5 Å². The highest BCUT2D eigenvalue weighted by molar-refractivity contribution is 9.10. The molecule has 116 valence electrons. The summed E-state index contributed by atoms with van der Waals surface area (Å²) < 4.78 is 29.6. The first-order valence-corrected chi connectivity index (χ1v) is 9.87. The predicted molar refractivity (Wildman–Crippen MR) is 84.4 cm³/mol. The second-order valence-corrected chi connectivity index (χ2v) is 9.16. The minimum Gasteiger partial charge on any atom is -0.493 e. The summed E-state index contributed by atoms with van der Waals surface area (Å²) in [5, 5.41) is 10.3. The molecule has 0 spiro atoms. The molecule has 1 N–H and O–H groups in total. The number of rotatable bonds is 4. The third-order valence-corrected chi connectivity index (χ3v) is 6.51. The largest absolute Gasteiger partial charge is 0.493 e. The lowest BCUT2D eigenvalue weighted by Crippen LogP contribution is -2.17. The molecule has 2 heterocycles. The van der Waals surface area contributed by atoms with Crippen LogP contribution in [0.2, 0.25) is 0 Å². The van der Waals surface area contributed by atoms with Gasteiger partial charge in [-0.05, 0) is 42.0 Å². The Balaban J connectivity index is 1.67. The van der Waals surface area contributed by atoms with Crippen LogP contribution in [-0.2, 0) is 22.7 Å². The van der Waals surface area contributed by atoms with E-state index in [4.69, 9.17) is 4.74 Å². The normalized spacial score (nSPS) is 24.6. The minimum absolute atomic E-state index is 0.0890. The van der Waals surface area contributed by atoms with Crippen LogP contribution in [0.3, 0.4) is 0 Å². The first-order valence-electron chi connectivity index (χ1n) is 7.25. The maximum Gasteiger partial charge on any atom is 0.150 e. The summed E-state index contributed by atoms with van der Waals surface area (Å²) in [5.41, 5.74) is 2.18. The lowest BCUT2D eigenvalue weighted by atomic mass is 9.95. The second kappa shape index (κ2) is 5.89. The zero-order chi connectivity index (χ0) is 15.0. The monoisotopic (exact) mass is 374 g/mol. The van der Waals surface area contributed by atoms with E-state index in [0.717, 1.165) is 22.2 Å². The molecule has 2 unspecified atom stereocenters. The molecule has 4 nitrogen and oxygen atoms in total. The molecule has 1 aromatic rings. The summed E-state index contributed by atoms with van der Waals surface area (Å²) in [7, 11) is -2.87. The number of sulfone groups is 1. The van der Waals surface area contributed by atoms with Crippen LogP contribution in [0.15, 0.2) is 16.6 Å². The molecule has 1 saturated heterocycles. The first kappa shape index (κ1) is 15.3. The van der Waals surface area contributed by atoms with Crippen molar-refractivity contribution in [2.45, 2.75) is 31.8 Å². The van der Waals surface area contributed by atoms with E-state index in [1.165, 1.54) is 5.56 Å². The zero-order valence-corrected chi connectivity index (χ0v) is 14.1. The molecule has 21 heavy (non-hydrogen) atoms. The Hall–Kier alpha value is -0.590. The molecule has 0 amide bonds. The van der Waals surface area contributed by atoms with Crippen LogP contribution in [0.25, 0.3) is 0 Å². The quantitative estimate of drug-likeness (QED) is 0.876. The van der Waals surface area contributed by atoms with Gasteiger partial charge in [-0.1, -0.05) is 15.9 Å². The Labute approximate surface area is 133 Å². The summed E-state index contributed by atoms with van der Waals surface area (Å²) in [5.74, 6) is 1.47. The standard InChI is InChI=1S/C15H19BrO4S/c16-13-6-11-1-3-20-15(11)12(7-13)8-14(17)5-10-2-4-21(18,19)9-10/h6-7,10,14,17H,1-5,8-9H2. The van der Waals surface area contributed by atoms with E-state index in [0.29, 0.717) is 25.9 Å². The van der Waals surface area contributed by atoms with Gasteiger partial charge < -0.3 is 9.84 Å². The molecule has 0 aromatic heterocycles. The van der Waals surface area contributed by atoms with Gasteiger partial charge in [0.25, 0.3) is 0 Å². The maximum absolute atomic E-state index is 11.5. The molecule has 0 bridgehead atoms. The zero-order valence-electron chi connectivity index (χ0n) is 11.7. The lowest BCUT2D eigenvalue weighted by Gasteiger charge is -2.16. The number of aliphatic hydroxyl groups excluding tert-OH is 1. The van der Waals surface area contributed by atoms with Crippen LogP contribution >= 0.6 is 15.9 Å². The Morgan fingerprint density at radius 1 is 1.43 bits per heavy atom. The molecule has 6 heteroatoms. The van der Waals surface area contributed by atoms with Gasteiger partial charge in [0, 0.05) is 17.3 Å². The van der Waals surface area contributed by atoms with Crippen LogP contribution in [0, 0.1) is 5.92 Å². The SMILES string of the molecule is O=S1(=O)CCC(CC(O)Cc2cc(Br)cc3c2OCC3)C1. The fourth-order valence-corrected chi connectivity index (χ4v) is 5.71. The van der Waals surface area contributed by atoms with Crippen molar-refractivity contribution in [2.75, 3.05) is 18.1 Å². The Bertz CT molecular complexity index is 641. The third kappa shape index (κ3) is 3.60. The number of halogens is 1. The summed E-state index contributed by atoms with van der Waals surface area (Å²) in [4.78, 5) is 0. The molecule has 3 rings (SSSR count). The molecular formula is C15H19BrO4S. The van der Waals surface area contributed by atoms with Crippen molar-refractivity contribution in [3.8, 4) is 5.75 Å². The lowest BCUT2D eigenvalue weighted by molar-refractivity contribution is 0.146. The molecule has 0 aliphatic carbocycles. The van der Waals surface area contributed by atoms with Crippen LogP contribution < -0.4 is 4.74 Å². The van der Waals surface area contributed by atoms with Crippen LogP contribution in [0.4, 0.5) is 0 Å². The third-order valence-electron chi connectivity index (χ3n) is 4.21. The van der Waals surface area contributed by atoms with Gasteiger partial charge in [-0.25, -0.2) is 8.42 Å². The molecule has 0 saturated carbocycles. The molecule has 2 aliphatic heterocycles. The van der Waals surface area contributed by atoms with E-state index in [-0.39, 0.29) is 17.4 Å². The number of fused-ring (bicyclic) bond motifs is 1. The highest BCUT2D eigenvalue weighted by Gasteiger charge is 2.30. The van der Waals surface area contributed by atoms with Crippen LogP contribution in [0.5, 0.6) is 5.75 Å². The molecule has 1 fully saturated rings. The number of benzene rings is 1. The minimum atomic E-state index is -2.87. The van der Waals surface area contributed by atoms with E-state index in [1.807, 2.05) is 6.07 Å². The van der Waals surface area contributed by atoms with E-state index >= 15 is 0 Å². The summed E-state index contributed by atoms with van der Waals surface area (Å²) in [6.07, 6.45) is 2.11. The van der Waals surface area contributed by atoms with Crippen molar-refractivity contribution in [1.82, 2.24) is 0 Å². The Kier molecular flexibility index (Phi) is 4.30. The van der Waals surface area contributed by atoms with Gasteiger partial charge in [-0.2, -0.15) is 0 Å². The van der Waals surface area contributed by atoms with Gasteiger partial charge in [0.1, 0.15) is 5.75 Å². The predicted octanol–water partition coefficient (Wildman–Crippen LogP) is 2.11. The van der Waals surface area contributed by atoms with Crippen LogP contribution in [0.1, 0.15) is 24.0 Å². The average Bonchev–Trinajstić information content (AvgIpc) is 2.95. The molecule has 2 aliphatic rings. The van der Waals surface area contributed by atoms with E-state index < -0.39 is 15.9 Å². The van der Waals surface area contributed by atoms with Crippen LogP contribution in [-0.4, -0.2) is 37.7 Å². The highest BCUT2D eigenvalue weighted by atomic mass is 79.9. The summed E-state index contributed by atoms with van der Waals surface area (Å²) in [6, 6.07) is 4.04. The second-order valence-electron chi connectivity index (χ2n) is 6.01.